The van der Waals surface area contributed by atoms with Crippen molar-refractivity contribution in [2.45, 2.75) is 39.2 Å². The minimum absolute atomic E-state index is 0.582. The number of thiocarbonyl (C=S) groups is 1. The van der Waals surface area contributed by atoms with Crippen LogP contribution in [-0.2, 0) is 0 Å². The van der Waals surface area contributed by atoms with Gasteiger partial charge in [0.2, 0.25) is 0 Å². The molecule has 2 nitrogen and oxygen atoms in total. The third-order valence-corrected chi connectivity index (χ3v) is 2.45. The summed E-state index contributed by atoms with van der Waals surface area (Å²) in [5.74, 6) is 0.737. The van der Waals surface area contributed by atoms with E-state index in [0.717, 1.165) is 12.5 Å². The molecule has 0 amide bonds. The van der Waals surface area contributed by atoms with E-state index in [2.05, 4.69) is 18.7 Å². The van der Waals surface area contributed by atoms with Crippen LogP contribution >= 0.6 is 12.2 Å². The molecule has 0 aliphatic heterocycles. The smallest absolute Gasteiger partial charge is 0.166 e. The Morgan fingerprint density at radius 2 is 2.17 bits per heavy atom. The number of nitrogens with zero attached hydrogens (tertiary/aromatic N) is 1. The lowest BCUT2D eigenvalue weighted by atomic mass is 10.1. The van der Waals surface area contributed by atoms with Gasteiger partial charge in [0.15, 0.2) is 5.11 Å². The van der Waals surface area contributed by atoms with Crippen LogP contribution in [0.1, 0.15) is 33.1 Å². The average Bonchev–Trinajstić information content (AvgIpc) is 2.69. The molecule has 0 atom stereocenters. The Kier molecular flexibility index (Phi) is 3.32. The fourth-order valence-electron chi connectivity index (χ4n) is 1.26. The lowest BCUT2D eigenvalue weighted by Crippen LogP contribution is -2.38. The zero-order chi connectivity index (χ0) is 9.14. The van der Waals surface area contributed by atoms with Crippen LogP contribution in [0.2, 0.25) is 0 Å². The van der Waals surface area contributed by atoms with Gasteiger partial charge < -0.3 is 10.6 Å². The van der Waals surface area contributed by atoms with Gasteiger partial charge in [-0.2, -0.15) is 0 Å². The molecule has 0 aromatic heterocycles. The predicted molar refractivity (Wildman–Crippen MR) is 56.0 cm³/mol. The summed E-state index contributed by atoms with van der Waals surface area (Å²) >= 11 is 4.99. The molecule has 0 heterocycles. The topological polar surface area (TPSA) is 29.3 Å². The van der Waals surface area contributed by atoms with Gasteiger partial charge in [0.25, 0.3) is 0 Å². The summed E-state index contributed by atoms with van der Waals surface area (Å²) in [5, 5.41) is 0.582. The van der Waals surface area contributed by atoms with Crippen molar-refractivity contribution < 1.29 is 0 Å². The van der Waals surface area contributed by atoms with Crippen LogP contribution in [-0.4, -0.2) is 22.6 Å². The molecule has 1 saturated carbocycles. The van der Waals surface area contributed by atoms with E-state index in [1.807, 2.05) is 0 Å². The molecule has 3 heteroatoms. The van der Waals surface area contributed by atoms with E-state index >= 15 is 0 Å². The lowest BCUT2D eigenvalue weighted by Gasteiger charge is -2.23. The summed E-state index contributed by atoms with van der Waals surface area (Å²) in [7, 11) is 0. The largest absolute Gasteiger partial charge is 0.376 e. The van der Waals surface area contributed by atoms with Gasteiger partial charge in [0.05, 0.1) is 0 Å². The lowest BCUT2D eigenvalue weighted by molar-refractivity contribution is 0.374. The second-order valence-corrected chi connectivity index (χ2v) is 4.36. The molecule has 0 unspecified atom stereocenters. The summed E-state index contributed by atoms with van der Waals surface area (Å²) in [6.07, 6.45) is 3.73. The number of hydrogen-bond donors (Lipinski definition) is 1. The molecule has 0 spiro atoms. The summed E-state index contributed by atoms with van der Waals surface area (Å²) in [6.45, 7) is 5.49. The van der Waals surface area contributed by atoms with Gasteiger partial charge in [0.1, 0.15) is 0 Å². The molecule has 0 saturated heterocycles. The Bertz CT molecular complexity index is 164. The Morgan fingerprint density at radius 1 is 1.58 bits per heavy atom. The SMILES string of the molecule is CC(C)CCN(C(N)=S)C1CC1. The maximum Gasteiger partial charge on any atom is 0.166 e. The van der Waals surface area contributed by atoms with Gasteiger partial charge in [-0.3, -0.25) is 0 Å². The first-order valence-corrected chi connectivity index (χ1v) is 5.08. The standard InChI is InChI=1S/C9H18N2S/c1-7(2)5-6-11(9(10)12)8-3-4-8/h7-8H,3-6H2,1-2H3,(H2,10,12). The fraction of sp³-hybridized carbons (Fsp3) is 0.889. The Balaban J connectivity index is 2.28. The minimum atomic E-state index is 0.582. The summed E-state index contributed by atoms with van der Waals surface area (Å²) in [6, 6.07) is 0.668. The average molecular weight is 186 g/mol. The van der Waals surface area contributed by atoms with E-state index in [1.165, 1.54) is 19.3 Å². The van der Waals surface area contributed by atoms with E-state index in [9.17, 15) is 0 Å². The van der Waals surface area contributed by atoms with Crippen molar-refractivity contribution in [3.63, 3.8) is 0 Å². The summed E-state index contributed by atoms with van der Waals surface area (Å²) in [5.41, 5.74) is 5.62. The van der Waals surface area contributed by atoms with Crippen molar-refractivity contribution in [3.8, 4) is 0 Å². The van der Waals surface area contributed by atoms with Gasteiger partial charge in [-0.05, 0) is 37.4 Å². The van der Waals surface area contributed by atoms with E-state index in [-0.39, 0.29) is 0 Å². The van der Waals surface area contributed by atoms with E-state index in [0.29, 0.717) is 11.2 Å². The first kappa shape index (κ1) is 9.78. The number of hydrogen-bond acceptors (Lipinski definition) is 1. The molecule has 1 aliphatic carbocycles. The van der Waals surface area contributed by atoms with Gasteiger partial charge >= 0.3 is 0 Å². The van der Waals surface area contributed by atoms with Crippen molar-refractivity contribution >= 4 is 17.3 Å². The van der Waals surface area contributed by atoms with Crippen molar-refractivity contribution in [3.05, 3.63) is 0 Å². The fourth-order valence-corrected chi connectivity index (χ4v) is 1.50. The van der Waals surface area contributed by atoms with Crippen LogP contribution in [0.15, 0.2) is 0 Å². The van der Waals surface area contributed by atoms with Gasteiger partial charge in [-0.25, -0.2) is 0 Å². The third-order valence-electron chi connectivity index (χ3n) is 2.22. The Morgan fingerprint density at radius 3 is 2.50 bits per heavy atom. The zero-order valence-electron chi connectivity index (χ0n) is 7.92. The van der Waals surface area contributed by atoms with Crippen molar-refractivity contribution in [2.24, 2.45) is 11.7 Å². The van der Waals surface area contributed by atoms with Crippen LogP contribution in [0.25, 0.3) is 0 Å². The van der Waals surface area contributed by atoms with Crippen LogP contribution in [0.5, 0.6) is 0 Å². The first-order valence-electron chi connectivity index (χ1n) is 4.67. The normalized spacial score (nSPS) is 16.6. The molecular weight excluding hydrogens is 168 g/mol. The van der Waals surface area contributed by atoms with Gasteiger partial charge in [-0.1, -0.05) is 13.8 Å². The maximum atomic E-state index is 5.62. The molecule has 1 rings (SSSR count). The first-order chi connectivity index (χ1) is 5.61. The number of nitrogens with two attached hydrogens (primary N) is 1. The molecule has 70 valence electrons. The summed E-state index contributed by atoms with van der Waals surface area (Å²) < 4.78 is 0. The van der Waals surface area contributed by atoms with Crippen LogP contribution in [0.4, 0.5) is 0 Å². The highest BCUT2D eigenvalue weighted by Gasteiger charge is 2.29. The predicted octanol–water partition coefficient (Wildman–Crippen LogP) is 1.74. The van der Waals surface area contributed by atoms with E-state index in [4.69, 9.17) is 18.0 Å². The molecule has 0 aromatic rings. The quantitative estimate of drug-likeness (QED) is 0.678. The number of rotatable bonds is 4. The van der Waals surface area contributed by atoms with Crippen LogP contribution in [0, 0.1) is 5.92 Å². The van der Waals surface area contributed by atoms with Crippen LogP contribution in [0.3, 0.4) is 0 Å². The van der Waals surface area contributed by atoms with Crippen molar-refractivity contribution in [1.82, 2.24) is 4.90 Å². The molecule has 0 aromatic carbocycles. The maximum absolute atomic E-state index is 5.62. The third kappa shape index (κ3) is 2.97. The highest BCUT2D eigenvalue weighted by atomic mass is 32.1. The molecule has 2 N–H and O–H groups in total. The van der Waals surface area contributed by atoms with Crippen LogP contribution < -0.4 is 5.73 Å². The molecule has 0 bridgehead atoms. The Labute approximate surface area is 80.1 Å². The molecule has 1 aliphatic rings. The molecule has 1 fully saturated rings. The van der Waals surface area contributed by atoms with E-state index < -0.39 is 0 Å². The second kappa shape index (κ2) is 4.08. The van der Waals surface area contributed by atoms with E-state index in [1.54, 1.807) is 0 Å². The Hall–Kier alpha value is -0.310. The van der Waals surface area contributed by atoms with Gasteiger partial charge in [0, 0.05) is 12.6 Å². The van der Waals surface area contributed by atoms with Gasteiger partial charge in [-0.15, -0.1) is 0 Å². The molecular formula is C9H18N2S. The monoisotopic (exact) mass is 186 g/mol. The second-order valence-electron chi connectivity index (χ2n) is 3.95. The summed E-state index contributed by atoms with van der Waals surface area (Å²) in [4.78, 5) is 2.18. The van der Waals surface area contributed by atoms with Crippen molar-refractivity contribution in [1.29, 1.82) is 0 Å². The zero-order valence-corrected chi connectivity index (χ0v) is 8.73. The highest BCUT2D eigenvalue weighted by molar-refractivity contribution is 7.80. The van der Waals surface area contributed by atoms with Crippen molar-refractivity contribution in [2.75, 3.05) is 6.54 Å². The molecule has 12 heavy (non-hydrogen) atoms. The minimum Gasteiger partial charge on any atom is -0.376 e. The molecule has 0 radical (unpaired) electrons. The highest BCUT2D eigenvalue weighted by Crippen LogP contribution is 2.27.